The number of aromatic hydroxyl groups is 1. The predicted molar refractivity (Wildman–Crippen MR) is 97.6 cm³/mol. The van der Waals surface area contributed by atoms with Gasteiger partial charge in [0.15, 0.2) is 0 Å². The van der Waals surface area contributed by atoms with Crippen LogP contribution in [0.1, 0.15) is 29.5 Å². The number of hydrazone groups is 1. The molecule has 6 heteroatoms. The molecule has 2 rings (SSSR count). The van der Waals surface area contributed by atoms with Crippen LogP contribution in [-0.2, 0) is 9.59 Å². The van der Waals surface area contributed by atoms with Crippen molar-refractivity contribution in [1.82, 2.24) is 5.43 Å². The third-order valence-electron chi connectivity index (χ3n) is 3.53. The Morgan fingerprint density at radius 3 is 2.40 bits per heavy atom. The van der Waals surface area contributed by atoms with Crippen LogP contribution in [0.15, 0.2) is 47.6 Å². The van der Waals surface area contributed by atoms with Crippen molar-refractivity contribution < 1.29 is 14.7 Å². The summed E-state index contributed by atoms with van der Waals surface area (Å²) in [6, 6.07) is 12.2. The zero-order chi connectivity index (χ0) is 18.2. The first kappa shape index (κ1) is 18.2. The number of phenolic OH excluding ortho intramolecular Hbond substituents is 1. The van der Waals surface area contributed by atoms with Crippen LogP contribution in [0, 0.1) is 13.8 Å². The fourth-order valence-corrected chi connectivity index (χ4v) is 2.19. The molecule has 2 aromatic carbocycles. The topological polar surface area (TPSA) is 90.8 Å². The van der Waals surface area contributed by atoms with Crippen molar-refractivity contribution >= 4 is 23.7 Å². The van der Waals surface area contributed by atoms with Gasteiger partial charge in [-0.05, 0) is 55.3 Å². The van der Waals surface area contributed by atoms with E-state index in [2.05, 4.69) is 15.8 Å². The highest BCUT2D eigenvalue weighted by Gasteiger charge is 2.08. The molecule has 0 unspecified atom stereocenters. The van der Waals surface area contributed by atoms with E-state index < -0.39 is 0 Å². The minimum absolute atomic E-state index is 0.0453. The summed E-state index contributed by atoms with van der Waals surface area (Å²) in [5, 5.41) is 15.8. The number of carbonyl (C=O) groups is 2. The normalized spacial score (nSPS) is 10.6. The Balaban J connectivity index is 1.75. The zero-order valence-electron chi connectivity index (χ0n) is 14.2. The molecule has 0 bridgehead atoms. The van der Waals surface area contributed by atoms with E-state index in [0.717, 1.165) is 22.4 Å². The molecule has 0 heterocycles. The van der Waals surface area contributed by atoms with Gasteiger partial charge in [0.05, 0.1) is 6.21 Å². The van der Waals surface area contributed by atoms with E-state index in [4.69, 9.17) is 0 Å². The molecule has 0 spiro atoms. The molecule has 0 aliphatic carbocycles. The molecule has 0 saturated carbocycles. The minimum Gasteiger partial charge on any atom is -0.508 e. The van der Waals surface area contributed by atoms with Crippen molar-refractivity contribution in [2.75, 3.05) is 5.32 Å². The fourth-order valence-electron chi connectivity index (χ4n) is 2.19. The average Bonchev–Trinajstić information content (AvgIpc) is 2.57. The Morgan fingerprint density at radius 2 is 1.72 bits per heavy atom. The van der Waals surface area contributed by atoms with Gasteiger partial charge in [-0.15, -0.1) is 0 Å². The Bertz CT molecular complexity index is 783. The van der Waals surface area contributed by atoms with Gasteiger partial charge in [0.2, 0.25) is 11.8 Å². The fraction of sp³-hybridized carbons (Fsp3) is 0.211. The van der Waals surface area contributed by atoms with Crippen LogP contribution in [0.25, 0.3) is 0 Å². The third kappa shape index (κ3) is 6.10. The number of benzene rings is 2. The van der Waals surface area contributed by atoms with Crippen molar-refractivity contribution in [2.45, 2.75) is 26.7 Å². The molecule has 0 fully saturated rings. The lowest BCUT2D eigenvalue weighted by atomic mass is 10.1. The number of hydrogen-bond acceptors (Lipinski definition) is 4. The first-order valence-corrected chi connectivity index (χ1v) is 7.92. The summed E-state index contributed by atoms with van der Waals surface area (Å²) in [7, 11) is 0. The van der Waals surface area contributed by atoms with Crippen LogP contribution in [0.5, 0.6) is 5.75 Å². The van der Waals surface area contributed by atoms with Gasteiger partial charge in [-0.2, -0.15) is 5.10 Å². The summed E-state index contributed by atoms with van der Waals surface area (Å²) in [5.74, 6) is -0.397. The Kier molecular flexibility index (Phi) is 6.28. The summed E-state index contributed by atoms with van der Waals surface area (Å²) in [6.45, 7) is 3.91. The SMILES string of the molecule is Cc1ccc(NC(=O)CCC(=O)NN=Cc2ccc(O)cc2)c(C)c1. The second-order valence-electron chi connectivity index (χ2n) is 5.75. The highest BCUT2D eigenvalue weighted by Crippen LogP contribution is 2.16. The molecule has 0 saturated heterocycles. The minimum atomic E-state index is -0.342. The third-order valence-corrected chi connectivity index (χ3v) is 3.53. The smallest absolute Gasteiger partial charge is 0.240 e. The Morgan fingerprint density at radius 1 is 1.04 bits per heavy atom. The van der Waals surface area contributed by atoms with Crippen LogP contribution in [-0.4, -0.2) is 23.1 Å². The molecule has 25 heavy (non-hydrogen) atoms. The van der Waals surface area contributed by atoms with E-state index in [-0.39, 0.29) is 30.4 Å². The number of carbonyl (C=O) groups excluding carboxylic acids is 2. The van der Waals surface area contributed by atoms with E-state index >= 15 is 0 Å². The van der Waals surface area contributed by atoms with Gasteiger partial charge in [-0.3, -0.25) is 9.59 Å². The summed E-state index contributed by atoms with van der Waals surface area (Å²) in [5.41, 5.74) is 5.97. The van der Waals surface area contributed by atoms with Gasteiger partial charge in [-0.1, -0.05) is 17.7 Å². The molecule has 130 valence electrons. The van der Waals surface area contributed by atoms with E-state index in [1.807, 2.05) is 32.0 Å². The first-order valence-electron chi connectivity index (χ1n) is 7.92. The number of anilines is 1. The van der Waals surface area contributed by atoms with Crippen LogP contribution >= 0.6 is 0 Å². The molecule has 6 nitrogen and oxygen atoms in total. The van der Waals surface area contributed by atoms with Crippen LogP contribution in [0.2, 0.25) is 0 Å². The monoisotopic (exact) mass is 339 g/mol. The predicted octanol–water partition coefficient (Wildman–Crippen LogP) is 2.88. The molecule has 2 amide bonds. The van der Waals surface area contributed by atoms with Gasteiger partial charge in [0, 0.05) is 18.5 Å². The summed E-state index contributed by atoms with van der Waals surface area (Å²) >= 11 is 0. The molecule has 0 radical (unpaired) electrons. The van der Waals surface area contributed by atoms with E-state index in [0.29, 0.717) is 0 Å². The second-order valence-corrected chi connectivity index (χ2v) is 5.75. The second kappa shape index (κ2) is 8.63. The van der Waals surface area contributed by atoms with Crippen molar-refractivity contribution in [2.24, 2.45) is 5.10 Å². The van der Waals surface area contributed by atoms with Crippen molar-refractivity contribution in [1.29, 1.82) is 0 Å². The number of phenols is 1. The maximum Gasteiger partial charge on any atom is 0.240 e. The molecule has 0 aliphatic rings. The molecule has 2 aromatic rings. The van der Waals surface area contributed by atoms with Gasteiger partial charge in [0.1, 0.15) is 5.75 Å². The quantitative estimate of drug-likeness (QED) is 0.558. The van der Waals surface area contributed by atoms with Gasteiger partial charge in [-0.25, -0.2) is 5.43 Å². The van der Waals surface area contributed by atoms with E-state index in [1.54, 1.807) is 12.1 Å². The number of rotatable bonds is 6. The number of hydrogen-bond donors (Lipinski definition) is 3. The van der Waals surface area contributed by atoms with Gasteiger partial charge < -0.3 is 10.4 Å². The van der Waals surface area contributed by atoms with Crippen LogP contribution in [0.3, 0.4) is 0 Å². The molecule has 0 aromatic heterocycles. The molecule has 0 aliphatic heterocycles. The molecule has 3 N–H and O–H groups in total. The number of amides is 2. The number of nitrogens with one attached hydrogen (secondary N) is 2. The largest absolute Gasteiger partial charge is 0.508 e. The summed E-state index contributed by atoms with van der Waals surface area (Å²) in [4.78, 5) is 23.6. The summed E-state index contributed by atoms with van der Waals surface area (Å²) in [6.07, 6.45) is 1.59. The molecular weight excluding hydrogens is 318 g/mol. The Hall–Kier alpha value is -3.15. The van der Waals surface area contributed by atoms with Crippen molar-refractivity contribution in [3.8, 4) is 5.75 Å². The lowest BCUT2D eigenvalue weighted by molar-refractivity contribution is -0.124. The average molecular weight is 339 g/mol. The van der Waals surface area contributed by atoms with Crippen LogP contribution in [0.4, 0.5) is 5.69 Å². The molecule has 0 atom stereocenters. The van der Waals surface area contributed by atoms with Gasteiger partial charge >= 0.3 is 0 Å². The van der Waals surface area contributed by atoms with Crippen molar-refractivity contribution in [3.63, 3.8) is 0 Å². The lowest BCUT2D eigenvalue weighted by Gasteiger charge is -2.08. The van der Waals surface area contributed by atoms with Gasteiger partial charge in [0.25, 0.3) is 0 Å². The molecular formula is C19H21N3O3. The van der Waals surface area contributed by atoms with E-state index in [1.165, 1.54) is 18.3 Å². The number of aryl methyl sites for hydroxylation is 2. The maximum atomic E-state index is 11.9. The summed E-state index contributed by atoms with van der Waals surface area (Å²) < 4.78 is 0. The Labute approximate surface area is 146 Å². The zero-order valence-corrected chi connectivity index (χ0v) is 14.2. The van der Waals surface area contributed by atoms with Crippen LogP contribution < -0.4 is 10.7 Å². The highest BCUT2D eigenvalue weighted by atomic mass is 16.3. The number of nitrogens with zero attached hydrogens (tertiary/aromatic N) is 1. The first-order chi connectivity index (χ1) is 11.9. The highest BCUT2D eigenvalue weighted by molar-refractivity contribution is 5.94. The van der Waals surface area contributed by atoms with Crippen molar-refractivity contribution in [3.05, 3.63) is 59.2 Å². The van der Waals surface area contributed by atoms with E-state index in [9.17, 15) is 14.7 Å². The lowest BCUT2D eigenvalue weighted by Crippen LogP contribution is -2.20. The maximum absolute atomic E-state index is 11.9. The standard InChI is InChI=1S/C19H21N3O3/c1-13-3-8-17(14(2)11-13)21-18(24)9-10-19(25)22-20-12-15-4-6-16(23)7-5-15/h3-8,11-12,23H,9-10H2,1-2H3,(H,21,24)(H,22,25).